The molecular formula is C11H14FN. The molecule has 2 atom stereocenters. The predicted octanol–water partition coefficient (Wildman–Crippen LogP) is 2.91. The average Bonchev–Trinajstić information content (AvgIpc) is 2.12. The molecule has 13 heavy (non-hydrogen) atoms. The molecule has 0 radical (unpaired) electrons. The number of alkyl halides is 1. The quantitative estimate of drug-likeness (QED) is 0.736. The number of benzene rings is 1. The zero-order valence-corrected chi connectivity index (χ0v) is 7.76. The lowest BCUT2D eigenvalue weighted by molar-refractivity contribution is 0.186. The van der Waals surface area contributed by atoms with Gasteiger partial charge in [0.1, 0.15) is 6.17 Å². The van der Waals surface area contributed by atoms with E-state index in [9.17, 15) is 4.39 Å². The maximum absolute atomic E-state index is 12.9. The van der Waals surface area contributed by atoms with Crippen molar-refractivity contribution in [2.75, 3.05) is 5.32 Å². The fourth-order valence-corrected chi connectivity index (χ4v) is 1.57. The lowest BCUT2D eigenvalue weighted by atomic mass is 9.90. The Morgan fingerprint density at radius 1 is 1.38 bits per heavy atom. The van der Waals surface area contributed by atoms with Gasteiger partial charge in [-0.3, -0.25) is 0 Å². The molecule has 1 N–H and O–H groups in total. The van der Waals surface area contributed by atoms with Gasteiger partial charge in [-0.2, -0.15) is 0 Å². The van der Waals surface area contributed by atoms with Gasteiger partial charge in [-0.1, -0.05) is 12.1 Å². The highest BCUT2D eigenvalue weighted by Gasteiger charge is 2.30. The van der Waals surface area contributed by atoms with Crippen molar-refractivity contribution in [3.63, 3.8) is 0 Å². The van der Waals surface area contributed by atoms with Gasteiger partial charge in [0.25, 0.3) is 0 Å². The van der Waals surface area contributed by atoms with Crippen LogP contribution >= 0.6 is 0 Å². The van der Waals surface area contributed by atoms with Gasteiger partial charge in [-0.25, -0.2) is 4.39 Å². The summed E-state index contributed by atoms with van der Waals surface area (Å²) >= 11 is 0. The Bertz CT molecular complexity index is 298. The molecule has 0 bridgehead atoms. The van der Waals surface area contributed by atoms with Crippen molar-refractivity contribution in [2.24, 2.45) is 0 Å². The molecule has 2 unspecified atom stereocenters. The summed E-state index contributed by atoms with van der Waals surface area (Å²) in [5.41, 5.74) is 2.24. The lowest BCUT2D eigenvalue weighted by Crippen LogP contribution is -2.39. The van der Waals surface area contributed by atoms with Gasteiger partial charge in [0.2, 0.25) is 0 Å². The summed E-state index contributed by atoms with van der Waals surface area (Å²) in [5, 5.41) is 3.19. The minimum Gasteiger partial charge on any atom is -0.379 e. The highest BCUT2D eigenvalue weighted by Crippen LogP contribution is 2.26. The van der Waals surface area contributed by atoms with E-state index >= 15 is 0 Å². The van der Waals surface area contributed by atoms with Gasteiger partial charge >= 0.3 is 0 Å². The van der Waals surface area contributed by atoms with E-state index in [2.05, 4.69) is 5.32 Å². The monoisotopic (exact) mass is 179 g/mol. The van der Waals surface area contributed by atoms with Crippen LogP contribution in [0.5, 0.6) is 0 Å². The van der Waals surface area contributed by atoms with Crippen LogP contribution in [-0.2, 0) is 0 Å². The molecule has 1 nitrogen and oxygen atoms in total. The molecule has 0 spiro atoms. The summed E-state index contributed by atoms with van der Waals surface area (Å²) in [6.07, 6.45) is 1.01. The fraction of sp³-hybridized carbons (Fsp3) is 0.455. The molecule has 1 saturated carbocycles. The van der Waals surface area contributed by atoms with Crippen molar-refractivity contribution in [3.8, 4) is 0 Å². The van der Waals surface area contributed by atoms with E-state index in [0.717, 1.165) is 12.1 Å². The number of nitrogens with one attached hydrogen (secondary N) is 1. The van der Waals surface area contributed by atoms with E-state index in [0.29, 0.717) is 6.42 Å². The van der Waals surface area contributed by atoms with E-state index in [1.807, 2.05) is 31.2 Å². The first kappa shape index (κ1) is 8.54. The van der Waals surface area contributed by atoms with Crippen LogP contribution in [0.4, 0.5) is 10.1 Å². The van der Waals surface area contributed by atoms with Crippen molar-refractivity contribution in [3.05, 3.63) is 29.8 Å². The van der Waals surface area contributed by atoms with Crippen LogP contribution in [0.3, 0.4) is 0 Å². The predicted molar refractivity (Wildman–Crippen MR) is 52.7 cm³/mol. The number of hydrogen-bond donors (Lipinski definition) is 1. The average molecular weight is 179 g/mol. The van der Waals surface area contributed by atoms with Gasteiger partial charge in [-0.05, 0) is 37.5 Å². The Balaban J connectivity index is 2.01. The summed E-state index contributed by atoms with van der Waals surface area (Å²) in [6.45, 7) is 2.04. The summed E-state index contributed by atoms with van der Waals surface area (Å²) in [5.74, 6) is 0. The van der Waals surface area contributed by atoms with Crippen LogP contribution in [0.1, 0.15) is 18.4 Å². The van der Waals surface area contributed by atoms with Gasteiger partial charge in [0.05, 0.1) is 6.04 Å². The molecule has 0 saturated heterocycles. The molecular weight excluding hydrogens is 165 g/mol. The second-order valence-electron chi connectivity index (χ2n) is 3.71. The zero-order chi connectivity index (χ0) is 9.26. The van der Waals surface area contributed by atoms with Crippen molar-refractivity contribution in [2.45, 2.75) is 32.0 Å². The first-order valence-corrected chi connectivity index (χ1v) is 4.73. The molecule has 70 valence electrons. The Hall–Kier alpha value is -1.05. The molecule has 1 fully saturated rings. The standard InChI is InChI=1S/C11H14FN/c1-8-3-2-4-9(7-8)13-11-6-5-10(11)12/h2-4,7,10-11,13H,5-6H2,1H3. The molecule has 0 heterocycles. The maximum atomic E-state index is 12.9. The third kappa shape index (κ3) is 1.82. The van der Waals surface area contributed by atoms with E-state index in [1.54, 1.807) is 0 Å². The number of aryl methyl sites for hydroxylation is 1. The largest absolute Gasteiger partial charge is 0.379 e. The topological polar surface area (TPSA) is 12.0 Å². The van der Waals surface area contributed by atoms with Crippen LogP contribution in [0, 0.1) is 6.92 Å². The molecule has 0 aliphatic heterocycles. The van der Waals surface area contributed by atoms with Crippen LogP contribution < -0.4 is 5.32 Å². The molecule has 1 aromatic rings. The zero-order valence-electron chi connectivity index (χ0n) is 7.76. The number of hydrogen-bond acceptors (Lipinski definition) is 1. The molecule has 1 aromatic carbocycles. The first-order valence-electron chi connectivity index (χ1n) is 4.73. The van der Waals surface area contributed by atoms with Gasteiger partial charge in [0.15, 0.2) is 0 Å². The summed E-state index contributed by atoms with van der Waals surface area (Å²) < 4.78 is 12.9. The normalized spacial score (nSPS) is 26.6. The Labute approximate surface area is 78.0 Å². The summed E-state index contributed by atoms with van der Waals surface area (Å²) in [6, 6.07) is 8.10. The van der Waals surface area contributed by atoms with Crippen LogP contribution in [0.15, 0.2) is 24.3 Å². The number of halogens is 1. The van der Waals surface area contributed by atoms with E-state index in [-0.39, 0.29) is 6.04 Å². The first-order chi connectivity index (χ1) is 6.25. The Morgan fingerprint density at radius 3 is 2.77 bits per heavy atom. The summed E-state index contributed by atoms with van der Waals surface area (Å²) in [4.78, 5) is 0. The minimum atomic E-state index is -0.652. The molecule has 1 aliphatic rings. The molecule has 0 aromatic heterocycles. The highest BCUT2D eigenvalue weighted by molar-refractivity contribution is 5.46. The highest BCUT2D eigenvalue weighted by atomic mass is 19.1. The number of anilines is 1. The second-order valence-corrected chi connectivity index (χ2v) is 3.71. The van der Waals surface area contributed by atoms with Crippen molar-refractivity contribution in [1.29, 1.82) is 0 Å². The molecule has 2 heteroatoms. The van der Waals surface area contributed by atoms with E-state index in [1.165, 1.54) is 5.56 Å². The van der Waals surface area contributed by atoms with Crippen molar-refractivity contribution >= 4 is 5.69 Å². The van der Waals surface area contributed by atoms with Crippen molar-refractivity contribution in [1.82, 2.24) is 0 Å². The third-order valence-corrected chi connectivity index (χ3v) is 2.56. The number of rotatable bonds is 2. The molecule has 1 aliphatic carbocycles. The third-order valence-electron chi connectivity index (χ3n) is 2.56. The SMILES string of the molecule is Cc1cccc(NC2CCC2F)c1. The second kappa shape index (κ2) is 3.36. The van der Waals surface area contributed by atoms with Crippen LogP contribution in [-0.4, -0.2) is 12.2 Å². The summed E-state index contributed by atoms with van der Waals surface area (Å²) in [7, 11) is 0. The Morgan fingerprint density at radius 2 is 2.23 bits per heavy atom. The van der Waals surface area contributed by atoms with Crippen LogP contribution in [0.2, 0.25) is 0 Å². The van der Waals surface area contributed by atoms with E-state index < -0.39 is 6.17 Å². The maximum Gasteiger partial charge on any atom is 0.120 e. The molecule has 0 amide bonds. The Kier molecular flexibility index (Phi) is 2.21. The van der Waals surface area contributed by atoms with Gasteiger partial charge in [-0.15, -0.1) is 0 Å². The van der Waals surface area contributed by atoms with Crippen LogP contribution in [0.25, 0.3) is 0 Å². The molecule has 2 rings (SSSR count). The van der Waals surface area contributed by atoms with Crippen molar-refractivity contribution < 1.29 is 4.39 Å². The lowest BCUT2D eigenvalue weighted by Gasteiger charge is -2.32. The smallest absolute Gasteiger partial charge is 0.120 e. The minimum absolute atomic E-state index is 0.0433. The fourth-order valence-electron chi connectivity index (χ4n) is 1.57. The van der Waals surface area contributed by atoms with E-state index in [4.69, 9.17) is 0 Å². The van der Waals surface area contributed by atoms with Gasteiger partial charge in [0, 0.05) is 5.69 Å². The van der Waals surface area contributed by atoms with Gasteiger partial charge < -0.3 is 5.32 Å².